The van der Waals surface area contributed by atoms with E-state index in [1.165, 1.54) is 46.6 Å². The van der Waals surface area contributed by atoms with Crippen LogP contribution in [0.1, 0.15) is 15.9 Å². The number of hydrogen-bond acceptors (Lipinski definition) is 7. The molecule has 0 aromatic heterocycles. The predicted molar refractivity (Wildman–Crippen MR) is 126 cm³/mol. The third kappa shape index (κ3) is 6.15. The van der Waals surface area contributed by atoms with Crippen LogP contribution in [-0.4, -0.2) is 54.4 Å². The van der Waals surface area contributed by atoms with E-state index in [4.69, 9.17) is 38.0 Å². The van der Waals surface area contributed by atoms with Crippen LogP contribution in [0.2, 0.25) is 5.02 Å². The minimum atomic E-state index is -4.01. The Balaban J connectivity index is 2.27. The van der Waals surface area contributed by atoms with Crippen molar-refractivity contribution in [2.45, 2.75) is 11.3 Å². The molecule has 0 aliphatic carbocycles. The number of sulfonamides is 1. The average molecular weight is 502 g/mol. The van der Waals surface area contributed by atoms with Gasteiger partial charge in [0.1, 0.15) is 22.1 Å². The van der Waals surface area contributed by atoms with Gasteiger partial charge in [0, 0.05) is 24.7 Å². The third-order valence-electron chi connectivity index (χ3n) is 4.40. The number of carbonyl (C=O) groups is 1. The molecule has 2 aromatic rings. The van der Waals surface area contributed by atoms with Crippen LogP contribution in [0.5, 0.6) is 17.2 Å². The first-order valence-electron chi connectivity index (χ1n) is 9.28. The van der Waals surface area contributed by atoms with Gasteiger partial charge in [0.05, 0.1) is 26.9 Å². The second-order valence-corrected chi connectivity index (χ2v) is 8.85. The second-order valence-electron chi connectivity index (χ2n) is 6.35. The van der Waals surface area contributed by atoms with Crippen molar-refractivity contribution in [3.8, 4) is 17.2 Å². The lowest BCUT2D eigenvalue weighted by Gasteiger charge is -2.16. The number of rotatable bonds is 9. The molecule has 32 heavy (non-hydrogen) atoms. The fourth-order valence-electron chi connectivity index (χ4n) is 2.83. The number of amides is 1. The summed E-state index contributed by atoms with van der Waals surface area (Å²) in [4.78, 5) is 12.5. The van der Waals surface area contributed by atoms with Gasteiger partial charge in [-0.3, -0.25) is 9.52 Å². The highest BCUT2D eigenvalue weighted by molar-refractivity contribution is 7.92. The Morgan fingerprint density at radius 1 is 1.03 bits per heavy atom. The van der Waals surface area contributed by atoms with Gasteiger partial charge in [-0.25, -0.2) is 8.42 Å². The monoisotopic (exact) mass is 501 g/mol. The highest BCUT2D eigenvalue weighted by Crippen LogP contribution is 2.32. The minimum absolute atomic E-state index is 0.0628. The molecule has 0 heterocycles. The number of carbonyl (C=O) groups excluding carboxylic acids is 1. The zero-order chi connectivity index (χ0) is 23.9. The Morgan fingerprint density at radius 3 is 2.28 bits per heavy atom. The molecule has 2 aromatic carbocycles. The summed E-state index contributed by atoms with van der Waals surface area (Å²) in [5.74, 6) is 0.496. The summed E-state index contributed by atoms with van der Waals surface area (Å²) in [7, 11) is 1.75. The van der Waals surface area contributed by atoms with Gasteiger partial charge in [0.2, 0.25) is 0 Å². The summed E-state index contributed by atoms with van der Waals surface area (Å²) >= 11 is 10.9. The summed E-state index contributed by atoms with van der Waals surface area (Å²) in [6, 6.07) is 7.61. The van der Waals surface area contributed by atoms with Crippen molar-refractivity contribution in [2.24, 2.45) is 0 Å². The number of thiocarbonyl (C=S) groups is 1. The lowest BCUT2D eigenvalue weighted by molar-refractivity contribution is 0.0951. The van der Waals surface area contributed by atoms with Crippen molar-refractivity contribution in [2.75, 3.05) is 34.9 Å². The average Bonchev–Trinajstić information content (AvgIpc) is 2.78. The molecule has 12 heteroatoms. The number of halogens is 1. The van der Waals surface area contributed by atoms with Crippen LogP contribution in [0.3, 0.4) is 0 Å². The van der Waals surface area contributed by atoms with Gasteiger partial charge in [-0.1, -0.05) is 11.6 Å². The van der Waals surface area contributed by atoms with E-state index in [1.54, 1.807) is 12.1 Å². The van der Waals surface area contributed by atoms with E-state index >= 15 is 0 Å². The van der Waals surface area contributed by atoms with E-state index in [2.05, 4.69) is 15.4 Å². The lowest BCUT2D eigenvalue weighted by atomic mass is 10.1. The summed E-state index contributed by atoms with van der Waals surface area (Å²) in [6.45, 7) is 0.193. The normalized spacial score (nSPS) is 10.8. The molecular weight excluding hydrogens is 478 g/mol. The zero-order valence-electron chi connectivity index (χ0n) is 17.9. The molecule has 0 radical (unpaired) electrons. The number of nitrogens with one attached hydrogen (secondary N) is 3. The topological polar surface area (TPSA) is 115 Å². The summed E-state index contributed by atoms with van der Waals surface area (Å²) in [5.41, 5.74) is 0.831. The summed E-state index contributed by atoms with van der Waals surface area (Å²) in [6.07, 6.45) is 0.279. The Kier molecular flexibility index (Phi) is 8.93. The third-order valence-corrected chi connectivity index (χ3v) is 6.44. The second kappa shape index (κ2) is 11.2. The molecule has 0 unspecified atom stereocenters. The van der Waals surface area contributed by atoms with Gasteiger partial charge in [-0.05, 0) is 48.5 Å². The van der Waals surface area contributed by atoms with Crippen LogP contribution in [0, 0.1) is 0 Å². The van der Waals surface area contributed by atoms with E-state index in [0.717, 1.165) is 0 Å². The minimum Gasteiger partial charge on any atom is -0.496 e. The van der Waals surface area contributed by atoms with Gasteiger partial charge in [0.15, 0.2) is 5.11 Å². The van der Waals surface area contributed by atoms with E-state index < -0.39 is 10.0 Å². The molecule has 0 bridgehead atoms. The first-order chi connectivity index (χ1) is 15.2. The molecule has 0 spiro atoms. The number of hydrogen-bond donors (Lipinski definition) is 3. The Labute approximate surface area is 197 Å². The first kappa shape index (κ1) is 25.5. The standard InChI is InChI=1S/C20H24ClN3O6S2/c1-22-20(31)24-32(26,27)18-9-12(16(29-3)11-17(18)30-4)7-8-23-19(25)14-10-13(21)5-6-15(14)28-2/h5-6,9-11H,7-8H2,1-4H3,(H,23,25)(H2,22,24,31). The molecule has 174 valence electrons. The molecule has 2 rings (SSSR count). The maximum atomic E-state index is 12.7. The molecule has 0 fully saturated rings. The van der Waals surface area contributed by atoms with E-state index in [0.29, 0.717) is 22.1 Å². The molecule has 3 N–H and O–H groups in total. The Hall–Kier alpha value is -2.76. The molecule has 0 aliphatic heterocycles. The fraction of sp³-hybridized carbons (Fsp3) is 0.300. The van der Waals surface area contributed by atoms with Gasteiger partial charge in [-0.15, -0.1) is 0 Å². The number of methoxy groups -OCH3 is 3. The number of ether oxygens (including phenoxy) is 3. The largest absolute Gasteiger partial charge is 0.496 e. The molecular formula is C20H24ClN3O6S2. The summed E-state index contributed by atoms with van der Waals surface area (Å²) in [5, 5.41) is 5.65. The molecule has 0 aliphatic rings. The van der Waals surface area contributed by atoms with E-state index in [-0.39, 0.29) is 40.2 Å². The van der Waals surface area contributed by atoms with Gasteiger partial charge < -0.3 is 24.8 Å². The maximum absolute atomic E-state index is 12.7. The SMILES string of the molecule is CNC(=S)NS(=O)(=O)c1cc(CCNC(=O)c2cc(Cl)ccc2OC)c(OC)cc1OC. The van der Waals surface area contributed by atoms with E-state index in [1.807, 2.05) is 0 Å². The zero-order valence-corrected chi connectivity index (χ0v) is 20.3. The van der Waals surface area contributed by atoms with Gasteiger partial charge in [0.25, 0.3) is 15.9 Å². The van der Waals surface area contributed by atoms with Crippen LogP contribution in [0.4, 0.5) is 0 Å². The fourth-order valence-corrected chi connectivity index (χ4v) is 4.49. The van der Waals surface area contributed by atoms with Crippen molar-refractivity contribution in [3.05, 3.63) is 46.5 Å². The van der Waals surface area contributed by atoms with Crippen molar-refractivity contribution < 1.29 is 27.4 Å². The molecule has 9 nitrogen and oxygen atoms in total. The van der Waals surface area contributed by atoms with Crippen molar-refractivity contribution in [1.82, 2.24) is 15.4 Å². The van der Waals surface area contributed by atoms with Crippen LogP contribution < -0.4 is 29.6 Å². The quantitative estimate of drug-likeness (QED) is 0.448. The van der Waals surface area contributed by atoms with Gasteiger partial charge in [-0.2, -0.15) is 0 Å². The summed E-state index contributed by atoms with van der Waals surface area (Å²) < 4.78 is 43.5. The Bertz CT molecular complexity index is 1110. The van der Waals surface area contributed by atoms with E-state index in [9.17, 15) is 13.2 Å². The van der Waals surface area contributed by atoms with Gasteiger partial charge >= 0.3 is 0 Å². The molecule has 1 amide bonds. The predicted octanol–water partition coefficient (Wildman–Crippen LogP) is 2.12. The highest BCUT2D eigenvalue weighted by atomic mass is 35.5. The molecule has 0 atom stereocenters. The lowest BCUT2D eigenvalue weighted by Crippen LogP contribution is -2.37. The van der Waals surface area contributed by atoms with Crippen molar-refractivity contribution >= 4 is 44.9 Å². The van der Waals surface area contributed by atoms with Crippen LogP contribution >= 0.6 is 23.8 Å². The highest BCUT2D eigenvalue weighted by Gasteiger charge is 2.23. The smallest absolute Gasteiger partial charge is 0.267 e. The van der Waals surface area contributed by atoms with Crippen LogP contribution in [0.25, 0.3) is 0 Å². The van der Waals surface area contributed by atoms with Crippen molar-refractivity contribution in [1.29, 1.82) is 0 Å². The molecule has 0 saturated heterocycles. The first-order valence-corrected chi connectivity index (χ1v) is 11.5. The van der Waals surface area contributed by atoms with Crippen LogP contribution in [-0.2, 0) is 16.4 Å². The maximum Gasteiger partial charge on any atom is 0.267 e. The van der Waals surface area contributed by atoms with Crippen LogP contribution in [0.15, 0.2) is 35.2 Å². The molecule has 0 saturated carbocycles. The Morgan fingerprint density at radius 2 is 1.69 bits per heavy atom. The number of benzene rings is 2. The van der Waals surface area contributed by atoms with Crippen molar-refractivity contribution in [3.63, 3.8) is 0 Å².